The van der Waals surface area contributed by atoms with Crippen LogP contribution in [0.25, 0.3) is 10.8 Å². The van der Waals surface area contributed by atoms with Crippen LogP contribution in [0.5, 0.6) is 0 Å². The molecular weight excluding hydrogens is 182 g/mol. The van der Waals surface area contributed by atoms with E-state index in [1.165, 1.54) is 5.39 Å². The fourth-order valence-corrected chi connectivity index (χ4v) is 1.77. The lowest BCUT2D eigenvalue weighted by molar-refractivity contribution is 1.09. The molecule has 0 amide bonds. The van der Waals surface area contributed by atoms with Crippen LogP contribution < -0.4 is 5.73 Å². The Morgan fingerprint density at radius 3 is 2.69 bits per heavy atom. The molecule has 66 valence electrons. The van der Waals surface area contributed by atoms with Crippen molar-refractivity contribution in [2.24, 2.45) is 5.73 Å². The predicted molar refractivity (Wildman–Crippen MR) is 56.8 cm³/mol. The number of benzene rings is 2. The highest BCUT2D eigenvalue weighted by Gasteiger charge is 2.00. The van der Waals surface area contributed by atoms with E-state index in [-0.39, 0.29) is 0 Å². The molecule has 0 aliphatic carbocycles. The molecule has 0 heterocycles. The Morgan fingerprint density at radius 2 is 1.92 bits per heavy atom. The van der Waals surface area contributed by atoms with Gasteiger partial charge in [0.25, 0.3) is 0 Å². The van der Waals surface area contributed by atoms with Gasteiger partial charge in [-0.05, 0) is 28.5 Å². The number of fused-ring (bicyclic) bond motifs is 1. The molecule has 0 spiro atoms. The molecule has 13 heavy (non-hydrogen) atoms. The lowest BCUT2D eigenvalue weighted by atomic mass is 10.1. The molecule has 0 atom stereocenters. The van der Waals surface area contributed by atoms with Gasteiger partial charge in [0, 0.05) is 11.6 Å². The second-order valence-corrected chi connectivity index (χ2v) is 3.43. The summed E-state index contributed by atoms with van der Waals surface area (Å²) >= 11 is 5.95. The minimum atomic E-state index is 0.529. The fourth-order valence-electron chi connectivity index (χ4n) is 1.52. The Kier molecular flexibility index (Phi) is 2.21. The van der Waals surface area contributed by atoms with E-state index >= 15 is 0 Å². The van der Waals surface area contributed by atoms with Gasteiger partial charge in [0.15, 0.2) is 0 Å². The topological polar surface area (TPSA) is 26.0 Å². The van der Waals surface area contributed by atoms with Crippen molar-refractivity contribution < 1.29 is 0 Å². The van der Waals surface area contributed by atoms with Crippen LogP contribution >= 0.6 is 11.6 Å². The summed E-state index contributed by atoms with van der Waals surface area (Å²) in [7, 11) is 0. The van der Waals surface area contributed by atoms with E-state index in [4.69, 9.17) is 17.3 Å². The predicted octanol–water partition coefficient (Wildman–Crippen LogP) is 2.95. The molecule has 0 radical (unpaired) electrons. The highest BCUT2D eigenvalue weighted by Crippen LogP contribution is 2.23. The van der Waals surface area contributed by atoms with E-state index in [1.807, 2.05) is 30.3 Å². The summed E-state index contributed by atoms with van der Waals surface area (Å²) in [5.41, 5.74) is 6.73. The monoisotopic (exact) mass is 191 g/mol. The molecule has 2 N–H and O–H groups in total. The number of hydrogen-bond donors (Lipinski definition) is 1. The van der Waals surface area contributed by atoms with Crippen molar-refractivity contribution in [3.05, 3.63) is 47.0 Å². The molecule has 0 saturated heterocycles. The first-order valence-corrected chi connectivity index (χ1v) is 4.56. The third-order valence-corrected chi connectivity index (χ3v) is 2.35. The fraction of sp³-hybridized carbons (Fsp3) is 0.0909. The highest BCUT2D eigenvalue weighted by molar-refractivity contribution is 6.31. The van der Waals surface area contributed by atoms with Crippen LogP contribution in [0.2, 0.25) is 5.02 Å². The normalized spacial score (nSPS) is 10.6. The Hall–Kier alpha value is -1.05. The number of halogens is 1. The Labute approximate surface area is 82.1 Å². The van der Waals surface area contributed by atoms with Gasteiger partial charge in [0.2, 0.25) is 0 Å². The second-order valence-electron chi connectivity index (χ2n) is 2.99. The molecule has 0 fully saturated rings. The minimum absolute atomic E-state index is 0.529. The van der Waals surface area contributed by atoms with Gasteiger partial charge in [-0.2, -0.15) is 0 Å². The SMILES string of the molecule is NCc1cc(Cl)cc2ccccc12. The minimum Gasteiger partial charge on any atom is -0.326 e. The molecule has 0 aliphatic heterocycles. The lowest BCUT2D eigenvalue weighted by Gasteiger charge is -2.04. The Balaban J connectivity index is 2.81. The van der Waals surface area contributed by atoms with E-state index < -0.39 is 0 Å². The summed E-state index contributed by atoms with van der Waals surface area (Å²) < 4.78 is 0. The van der Waals surface area contributed by atoms with Gasteiger partial charge in [-0.1, -0.05) is 35.9 Å². The van der Waals surface area contributed by atoms with Crippen LogP contribution in [0.1, 0.15) is 5.56 Å². The van der Waals surface area contributed by atoms with E-state index in [9.17, 15) is 0 Å². The summed E-state index contributed by atoms with van der Waals surface area (Å²) in [5, 5.41) is 3.09. The zero-order valence-electron chi connectivity index (χ0n) is 7.13. The summed E-state index contributed by atoms with van der Waals surface area (Å²) in [6.45, 7) is 0.529. The second kappa shape index (κ2) is 3.36. The summed E-state index contributed by atoms with van der Waals surface area (Å²) in [4.78, 5) is 0. The Bertz CT molecular complexity index is 437. The molecule has 0 bridgehead atoms. The van der Waals surface area contributed by atoms with E-state index in [2.05, 4.69) is 6.07 Å². The van der Waals surface area contributed by atoms with Crippen LogP contribution in [0, 0.1) is 0 Å². The van der Waals surface area contributed by atoms with E-state index in [1.54, 1.807) is 0 Å². The number of hydrogen-bond acceptors (Lipinski definition) is 1. The first kappa shape index (κ1) is 8.54. The van der Waals surface area contributed by atoms with Crippen LogP contribution in [-0.2, 0) is 6.54 Å². The molecule has 0 aliphatic rings. The summed E-state index contributed by atoms with van der Waals surface area (Å²) in [5.74, 6) is 0. The van der Waals surface area contributed by atoms with Crippen molar-refractivity contribution in [3.8, 4) is 0 Å². The zero-order valence-corrected chi connectivity index (χ0v) is 7.88. The largest absolute Gasteiger partial charge is 0.326 e. The molecule has 2 aromatic carbocycles. The van der Waals surface area contributed by atoms with Crippen molar-refractivity contribution in [3.63, 3.8) is 0 Å². The highest BCUT2D eigenvalue weighted by atomic mass is 35.5. The van der Waals surface area contributed by atoms with Crippen LogP contribution in [0.15, 0.2) is 36.4 Å². The van der Waals surface area contributed by atoms with Crippen molar-refractivity contribution in [1.29, 1.82) is 0 Å². The van der Waals surface area contributed by atoms with Gasteiger partial charge in [0.1, 0.15) is 0 Å². The smallest absolute Gasteiger partial charge is 0.0415 e. The first-order chi connectivity index (χ1) is 6.31. The van der Waals surface area contributed by atoms with Gasteiger partial charge < -0.3 is 5.73 Å². The van der Waals surface area contributed by atoms with Gasteiger partial charge in [-0.3, -0.25) is 0 Å². The standard InChI is InChI=1S/C11H10ClN/c12-10-5-8-3-1-2-4-11(8)9(6-10)7-13/h1-6H,7,13H2. The maximum absolute atomic E-state index is 5.95. The molecule has 0 aromatic heterocycles. The molecular formula is C11H10ClN. The average molecular weight is 192 g/mol. The lowest BCUT2D eigenvalue weighted by Crippen LogP contribution is -1.96. The maximum atomic E-state index is 5.95. The quantitative estimate of drug-likeness (QED) is 0.737. The van der Waals surface area contributed by atoms with E-state index in [0.717, 1.165) is 16.0 Å². The molecule has 0 saturated carbocycles. The van der Waals surface area contributed by atoms with Gasteiger partial charge in [0.05, 0.1) is 0 Å². The Morgan fingerprint density at radius 1 is 1.15 bits per heavy atom. The van der Waals surface area contributed by atoms with Crippen LogP contribution in [0.3, 0.4) is 0 Å². The van der Waals surface area contributed by atoms with Gasteiger partial charge in [-0.15, -0.1) is 0 Å². The average Bonchev–Trinajstić information content (AvgIpc) is 2.16. The van der Waals surface area contributed by atoms with Crippen molar-refractivity contribution in [2.75, 3.05) is 0 Å². The third-order valence-electron chi connectivity index (χ3n) is 2.13. The zero-order chi connectivity index (χ0) is 9.26. The molecule has 0 unspecified atom stereocenters. The molecule has 2 heteroatoms. The first-order valence-electron chi connectivity index (χ1n) is 4.18. The summed E-state index contributed by atoms with van der Waals surface area (Å²) in [6, 6.07) is 12.0. The van der Waals surface area contributed by atoms with Crippen molar-refractivity contribution in [1.82, 2.24) is 0 Å². The van der Waals surface area contributed by atoms with Gasteiger partial charge in [-0.25, -0.2) is 0 Å². The summed E-state index contributed by atoms with van der Waals surface area (Å²) in [6.07, 6.45) is 0. The third kappa shape index (κ3) is 1.53. The number of rotatable bonds is 1. The van der Waals surface area contributed by atoms with E-state index in [0.29, 0.717) is 6.54 Å². The molecule has 2 aromatic rings. The number of nitrogens with two attached hydrogens (primary N) is 1. The van der Waals surface area contributed by atoms with Crippen LogP contribution in [0.4, 0.5) is 0 Å². The maximum Gasteiger partial charge on any atom is 0.0415 e. The molecule has 1 nitrogen and oxygen atoms in total. The molecule has 2 rings (SSSR count). The van der Waals surface area contributed by atoms with Crippen molar-refractivity contribution in [2.45, 2.75) is 6.54 Å². The van der Waals surface area contributed by atoms with Crippen molar-refractivity contribution >= 4 is 22.4 Å². The van der Waals surface area contributed by atoms with Crippen LogP contribution in [-0.4, -0.2) is 0 Å². The van der Waals surface area contributed by atoms with Gasteiger partial charge >= 0.3 is 0 Å².